The van der Waals surface area contributed by atoms with Gasteiger partial charge in [-0.3, -0.25) is 4.79 Å². The SMILES string of the molecule is CC(=O)NCCc1ccc(O[C@@H]2O[C@@H](COCc3ccccc3)[C@H](O)[C@@H](O)[C@H]2O)cc1-c1cccc(F)c1. The lowest BCUT2D eigenvalue weighted by Gasteiger charge is -2.40. The molecule has 1 amide bonds. The summed E-state index contributed by atoms with van der Waals surface area (Å²) in [5.74, 6) is -0.240. The van der Waals surface area contributed by atoms with E-state index in [-0.39, 0.29) is 19.1 Å². The number of amides is 1. The maximum Gasteiger partial charge on any atom is 0.229 e. The molecule has 0 aliphatic carbocycles. The molecule has 38 heavy (non-hydrogen) atoms. The van der Waals surface area contributed by atoms with E-state index in [4.69, 9.17) is 14.2 Å². The van der Waals surface area contributed by atoms with Gasteiger partial charge in [-0.25, -0.2) is 4.39 Å². The van der Waals surface area contributed by atoms with Crippen molar-refractivity contribution in [3.8, 4) is 16.9 Å². The molecule has 1 aliphatic rings. The highest BCUT2D eigenvalue weighted by Gasteiger charge is 2.45. The summed E-state index contributed by atoms with van der Waals surface area (Å²) in [4.78, 5) is 11.3. The zero-order valence-corrected chi connectivity index (χ0v) is 21.0. The zero-order valence-electron chi connectivity index (χ0n) is 21.0. The van der Waals surface area contributed by atoms with Gasteiger partial charge in [-0.1, -0.05) is 48.5 Å². The average molecular weight is 526 g/mol. The Labute approximate surface area is 220 Å². The van der Waals surface area contributed by atoms with Gasteiger partial charge in [0.15, 0.2) is 0 Å². The van der Waals surface area contributed by atoms with Crippen LogP contribution in [0.25, 0.3) is 11.1 Å². The summed E-state index contributed by atoms with van der Waals surface area (Å²) in [6, 6.07) is 20.7. The maximum atomic E-state index is 14.0. The minimum Gasteiger partial charge on any atom is -0.462 e. The lowest BCUT2D eigenvalue weighted by Crippen LogP contribution is -2.60. The summed E-state index contributed by atoms with van der Waals surface area (Å²) in [5, 5.41) is 34.2. The molecule has 0 aromatic heterocycles. The molecule has 1 fully saturated rings. The number of hydrogen-bond acceptors (Lipinski definition) is 7. The second-order valence-corrected chi connectivity index (χ2v) is 9.20. The molecule has 4 N–H and O–H groups in total. The smallest absolute Gasteiger partial charge is 0.229 e. The predicted molar refractivity (Wildman–Crippen MR) is 138 cm³/mol. The molecule has 0 bridgehead atoms. The first kappa shape index (κ1) is 27.7. The van der Waals surface area contributed by atoms with E-state index in [1.165, 1.54) is 19.1 Å². The Balaban J connectivity index is 1.49. The third-order valence-electron chi connectivity index (χ3n) is 6.30. The van der Waals surface area contributed by atoms with Gasteiger partial charge >= 0.3 is 0 Å². The molecule has 0 spiro atoms. The largest absolute Gasteiger partial charge is 0.462 e. The Hall–Kier alpha value is -3.34. The first-order chi connectivity index (χ1) is 18.3. The van der Waals surface area contributed by atoms with Crippen molar-refractivity contribution in [3.05, 3.63) is 89.7 Å². The number of aliphatic hydroxyl groups is 3. The van der Waals surface area contributed by atoms with Gasteiger partial charge in [-0.05, 0) is 52.9 Å². The summed E-state index contributed by atoms with van der Waals surface area (Å²) in [7, 11) is 0. The van der Waals surface area contributed by atoms with E-state index in [0.29, 0.717) is 29.8 Å². The molecule has 3 aromatic carbocycles. The fourth-order valence-corrected chi connectivity index (χ4v) is 4.30. The lowest BCUT2D eigenvalue weighted by atomic mass is 9.97. The van der Waals surface area contributed by atoms with Crippen molar-refractivity contribution in [2.45, 2.75) is 50.7 Å². The summed E-state index contributed by atoms with van der Waals surface area (Å²) in [5.41, 5.74) is 3.08. The standard InChI is InChI=1S/C29H32FNO7/c1-18(32)31-13-12-20-10-11-23(15-24(20)21-8-5-9-22(30)14-21)37-29-28(35)27(34)26(33)25(38-29)17-36-16-19-6-3-2-4-7-19/h2-11,14-15,25-29,33-35H,12-13,16-17H2,1H3,(H,31,32)/t25-,26-,27+,28+,29+/m0/s1. The Morgan fingerprint density at radius 3 is 2.50 bits per heavy atom. The van der Waals surface area contributed by atoms with Crippen LogP contribution in [-0.2, 0) is 27.3 Å². The van der Waals surface area contributed by atoms with Crippen LogP contribution in [-0.4, -0.2) is 65.1 Å². The monoisotopic (exact) mass is 525 g/mol. The molecule has 3 aromatic rings. The van der Waals surface area contributed by atoms with Crippen LogP contribution < -0.4 is 10.1 Å². The van der Waals surface area contributed by atoms with Gasteiger partial charge in [0.05, 0.1) is 13.2 Å². The molecule has 1 saturated heterocycles. The normalized spacial score (nSPS) is 23.1. The highest BCUT2D eigenvalue weighted by Crippen LogP contribution is 2.31. The number of nitrogens with one attached hydrogen (secondary N) is 1. The summed E-state index contributed by atoms with van der Waals surface area (Å²) in [6.45, 7) is 2.09. The predicted octanol–water partition coefficient (Wildman–Crippen LogP) is 2.57. The van der Waals surface area contributed by atoms with Gasteiger partial charge in [0, 0.05) is 13.5 Å². The quantitative estimate of drug-likeness (QED) is 0.321. The number of carbonyl (C=O) groups excluding carboxylic acids is 1. The fraction of sp³-hybridized carbons (Fsp3) is 0.345. The van der Waals surface area contributed by atoms with Crippen molar-refractivity contribution in [2.24, 2.45) is 0 Å². The van der Waals surface area contributed by atoms with E-state index in [1.807, 2.05) is 30.3 Å². The van der Waals surface area contributed by atoms with Crippen LogP contribution in [0.1, 0.15) is 18.1 Å². The van der Waals surface area contributed by atoms with Crippen LogP contribution in [0.2, 0.25) is 0 Å². The third-order valence-corrected chi connectivity index (χ3v) is 6.30. The Morgan fingerprint density at radius 2 is 1.76 bits per heavy atom. The van der Waals surface area contributed by atoms with E-state index >= 15 is 0 Å². The maximum absolute atomic E-state index is 14.0. The minimum absolute atomic E-state index is 0.0314. The Bertz CT molecular complexity index is 1210. The van der Waals surface area contributed by atoms with E-state index in [9.17, 15) is 24.5 Å². The van der Waals surface area contributed by atoms with Crippen LogP contribution in [0.15, 0.2) is 72.8 Å². The molecule has 5 atom stereocenters. The van der Waals surface area contributed by atoms with Crippen LogP contribution in [0.5, 0.6) is 5.75 Å². The molecule has 0 radical (unpaired) electrons. The van der Waals surface area contributed by atoms with Crippen molar-refractivity contribution >= 4 is 5.91 Å². The zero-order chi connectivity index (χ0) is 27.1. The molecule has 0 saturated carbocycles. The third kappa shape index (κ3) is 7.15. The van der Waals surface area contributed by atoms with Gasteiger partial charge in [0.1, 0.15) is 36.0 Å². The highest BCUT2D eigenvalue weighted by atomic mass is 19.1. The van der Waals surface area contributed by atoms with Crippen molar-refractivity contribution in [3.63, 3.8) is 0 Å². The van der Waals surface area contributed by atoms with Crippen molar-refractivity contribution < 1.29 is 38.7 Å². The Kier molecular flexibility index (Phi) is 9.43. The second-order valence-electron chi connectivity index (χ2n) is 9.20. The number of rotatable bonds is 10. The van der Waals surface area contributed by atoms with Gasteiger partial charge in [0.2, 0.25) is 12.2 Å². The summed E-state index contributed by atoms with van der Waals surface area (Å²) < 4.78 is 31.4. The minimum atomic E-state index is -1.52. The average Bonchev–Trinajstić information content (AvgIpc) is 2.91. The molecule has 4 rings (SSSR count). The first-order valence-corrected chi connectivity index (χ1v) is 12.4. The van der Waals surface area contributed by atoms with Crippen LogP contribution in [0, 0.1) is 5.82 Å². The number of ether oxygens (including phenoxy) is 3. The molecule has 9 heteroatoms. The van der Waals surface area contributed by atoms with E-state index in [0.717, 1.165) is 11.1 Å². The second kappa shape index (κ2) is 12.9. The first-order valence-electron chi connectivity index (χ1n) is 12.4. The summed E-state index contributed by atoms with van der Waals surface area (Å²) >= 11 is 0. The fourth-order valence-electron chi connectivity index (χ4n) is 4.30. The molecule has 8 nitrogen and oxygen atoms in total. The van der Waals surface area contributed by atoms with Crippen LogP contribution >= 0.6 is 0 Å². The van der Waals surface area contributed by atoms with Gasteiger partial charge in [-0.2, -0.15) is 0 Å². The number of carbonyl (C=O) groups is 1. The van der Waals surface area contributed by atoms with Crippen molar-refractivity contribution in [1.82, 2.24) is 5.32 Å². The molecule has 0 unspecified atom stereocenters. The van der Waals surface area contributed by atoms with Crippen LogP contribution in [0.4, 0.5) is 4.39 Å². The van der Waals surface area contributed by atoms with Gasteiger partial charge < -0.3 is 34.8 Å². The molecule has 1 heterocycles. The van der Waals surface area contributed by atoms with Crippen molar-refractivity contribution in [2.75, 3.05) is 13.2 Å². The number of hydrogen-bond donors (Lipinski definition) is 4. The molecular weight excluding hydrogens is 493 g/mol. The molecular formula is C29H32FNO7. The highest BCUT2D eigenvalue weighted by molar-refractivity contribution is 5.73. The molecule has 1 aliphatic heterocycles. The topological polar surface area (TPSA) is 117 Å². The van der Waals surface area contributed by atoms with E-state index in [2.05, 4.69) is 5.32 Å². The van der Waals surface area contributed by atoms with Crippen molar-refractivity contribution in [1.29, 1.82) is 0 Å². The number of benzene rings is 3. The van der Waals surface area contributed by atoms with E-state index < -0.39 is 36.5 Å². The molecule has 202 valence electrons. The van der Waals surface area contributed by atoms with Crippen LogP contribution in [0.3, 0.4) is 0 Å². The van der Waals surface area contributed by atoms with Gasteiger partial charge in [0.25, 0.3) is 0 Å². The Morgan fingerprint density at radius 1 is 0.974 bits per heavy atom. The number of aliphatic hydroxyl groups excluding tert-OH is 3. The lowest BCUT2D eigenvalue weighted by molar-refractivity contribution is -0.280. The van der Waals surface area contributed by atoms with Gasteiger partial charge in [-0.15, -0.1) is 0 Å². The number of halogens is 1. The summed E-state index contributed by atoms with van der Waals surface area (Å²) in [6.07, 6.45) is -6.14. The van der Waals surface area contributed by atoms with E-state index in [1.54, 1.807) is 30.3 Å².